The summed E-state index contributed by atoms with van der Waals surface area (Å²) in [5.41, 5.74) is 3.47. The third kappa shape index (κ3) is 3.76. The summed E-state index contributed by atoms with van der Waals surface area (Å²) < 4.78 is 12.5. The molecule has 0 amide bonds. The first kappa shape index (κ1) is 15.4. The number of nitrogens with zero attached hydrogens (tertiary/aromatic N) is 2. The molecule has 0 spiro atoms. The first-order chi connectivity index (χ1) is 10.2. The van der Waals surface area contributed by atoms with Gasteiger partial charge in [0.25, 0.3) is 0 Å². The van der Waals surface area contributed by atoms with Gasteiger partial charge in [0, 0.05) is 31.4 Å². The van der Waals surface area contributed by atoms with E-state index in [0.29, 0.717) is 0 Å². The van der Waals surface area contributed by atoms with Gasteiger partial charge in [0.1, 0.15) is 0 Å². The van der Waals surface area contributed by atoms with E-state index in [0.717, 1.165) is 42.4 Å². The molecule has 1 heterocycles. The van der Waals surface area contributed by atoms with Crippen molar-refractivity contribution in [2.24, 2.45) is 0 Å². The fraction of sp³-hybridized carbons (Fsp3) is 0.438. The Kier molecular flexibility index (Phi) is 5.22. The van der Waals surface area contributed by atoms with Crippen molar-refractivity contribution < 1.29 is 9.47 Å². The predicted octanol–water partition coefficient (Wildman–Crippen LogP) is 2.52. The molecule has 0 aliphatic heterocycles. The van der Waals surface area contributed by atoms with Gasteiger partial charge in [-0.15, -0.1) is 0 Å². The molecule has 2 rings (SSSR count). The summed E-state index contributed by atoms with van der Waals surface area (Å²) in [7, 11) is 3.29. The molecule has 114 valence electrons. The van der Waals surface area contributed by atoms with Crippen LogP contribution in [0.25, 0.3) is 0 Å². The van der Waals surface area contributed by atoms with Crippen LogP contribution < -0.4 is 14.8 Å². The lowest BCUT2D eigenvalue weighted by molar-refractivity contribution is 0.354. The third-order valence-electron chi connectivity index (χ3n) is 3.46. The van der Waals surface area contributed by atoms with Gasteiger partial charge in [-0.3, -0.25) is 4.68 Å². The van der Waals surface area contributed by atoms with Gasteiger partial charge in [-0.05, 0) is 31.5 Å². The van der Waals surface area contributed by atoms with Gasteiger partial charge in [0.15, 0.2) is 11.5 Å². The highest BCUT2D eigenvalue weighted by Crippen LogP contribution is 2.27. The number of benzene rings is 1. The van der Waals surface area contributed by atoms with Crippen molar-refractivity contribution in [1.29, 1.82) is 0 Å². The number of rotatable bonds is 7. The molecule has 0 saturated heterocycles. The van der Waals surface area contributed by atoms with Crippen molar-refractivity contribution in [2.75, 3.05) is 14.2 Å². The van der Waals surface area contributed by atoms with Crippen LogP contribution in [0.15, 0.2) is 24.4 Å². The number of hydrogen-bond donors (Lipinski definition) is 1. The van der Waals surface area contributed by atoms with E-state index in [1.165, 1.54) is 5.56 Å². The Morgan fingerprint density at radius 1 is 1.14 bits per heavy atom. The summed E-state index contributed by atoms with van der Waals surface area (Å²) in [6.45, 7) is 6.61. The molecule has 1 aromatic heterocycles. The van der Waals surface area contributed by atoms with E-state index >= 15 is 0 Å². The smallest absolute Gasteiger partial charge is 0.161 e. The largest absolute Gasteiger partial charge is 0.493 e. The zero-order valence-corrected chi connectivity index (χ0v) is 13.1. The monoisotopic (exact) mass is 289 g/mol. The molecule has 21 heavy (non-hydrogen) atoms. The van der Waals surface area contributed by atoms with E-state index in [1.54, 1.807) is 14.2 Å². The third-order valence-corrected chi connectivity index (χ3v) is 3.46. The molecule has 0 unspecified atom stereocenters. The average Bonchev–Trinajstić information content (AvgIpc) is 2.87. The molecule has 1 aromatic carbocycles. The van der Waals surface area contributed by atoms with Crippen molar-refractivity contribution in [3.8, 4) is 11.5 Å². The van der Waals surface area contributed by atoms with Gasteiger partial charge in [0.2, 0.25) is 0 Å². The van der Waals surface area contributed by atoms with E-state index in [1.807, 2.05) is 29.8 Å². The van der Waals surface area contributed by atoms with Crippen LogP contribution in [-0.4, -0.2) is 24.0 Å². The zero-order chi connectivity index (χ0) is 15.2. The topological polar surface area (TPSA) is 48.3 Å². The van der Waals surface area contributed by atoms with Gasteiger partial charge in [0.05, 0.1) is 19.9 Å². The SMILES string of the molecule is CCn1cc(CNCc2ccc(OC)c(OC)c2)c(C)n1. The highest BCUT2D eigenvalue weighted by Gasteiger charge is 2.06. The van der Waals surface area contributed by atoms with Gasteiger partial charge >= 0.3 is 0 Å². The standard InChI is InChI=1S/C16H23N3O2/c1-5-19-11-14(12(2)18-19)10-17-9-13-6-7-15(20-3)16(8-13)21-4/h6-8,11,17H,5,9-10H2,1-4H3. The van der Waals surface area contributed by atoms with Gasteiger partial charge in [-0.2, -0.15) is 5.10 Å². The second-order valence-corrected chi connectivity index (χ2v) is 4.89. The highest BCUT2D eigenvalue weighted by molar-refractivity contribution is 5.42. The molecule has 0 aliphatic carbocycles. The lowest BCUT2D eigenvalue weighted by Crippen LogP contribution is -2.13. The lowest BCUT2D eigenvalue weighted by Gasteiger charge is -2.10. The number of aromatic nitrogens is 2. The van der Waals surface area contributed by atoms with E-state index < -0.39 is 0 Å². The minimum Gasteiger partial charge on any atom is -0.493 e. The normalized spacial score (nSPS) is 10.7. The Balaban J connectivity index is 1.95. The maximum Gasteiger partial charge on any atom is 0.161 e. The fourth-order valence-electron chi connectivity index (χ4n) is 2.23. The van der Waals surface area contributed by atoms with Crippen LogP contribution in [0.5, 0.6) is 11.5 Å². The van der Waals surface area contributed by atoms with Gasteiger partial charge in [-0.25, -0.2) is 0 Å². The molecular weight excluding hydrogens is 266 g/mol. The first-order valence-electron chi connectivity index (χ1n) is 7.12. The quantitative estimate of drug-likeness (QED) is 0.851. The van der Waals surface area contributed by atoms with E-state index in [9.17, 15) is 0 Å². The fourth-order valence-corrected chi connectivity index (χ4v) is 2.23. The van der Waals surface area contributed by atoms with Crippen LogP contribution in [0.1, 0.15) is 23.7 Å². The maximum atomic E-state index is 5.31. The number of nitrogens with one attached hydrogen (secondary N) is 1. The molecule has 0 bridgehead atoms. The molecule has 5 heteroatoms. The maximum absolute atomic E-state index is 5.31. The molecule has 2 aromatic rings. The summed E-state index contributed by atoms with van der Waals surface area (Å²) in [5.74, 6) is 1.51. The second-order valence-electron chi connectivity index (χ2n) is 4.89. The molecular formula is C16H23N3O2. The van der Waals surface area contributed by atoms with Crippen LogP contribution in [0.4, 0.5) is 0 Å². The highest BCUT2D eigenvalue weighted by atomic mass is 16.5. The van der Waals surface area contributed by atoms with Crippen LogP contribution in [0.2, 0.25) is 0 Å². The summed E-state index contributed by atoms with van der Waals surface area (Å²) >= 11 is 0. The van der Waals surface area contributed by atoms with Crippen LogP contribution in [0, 0.1) is 6.92 Å². The zero-order valence-electron chi connectivity index (χ0n) is 13.1. The molecule has 1 N–H and O–H groups in total. The summed E-state index contributed by atoms with van der Waals surface area (Å²) in [6, 6.07) is 5.96. The second kappa shape index (κ2) is 7.13. The number of ether oxygens (including phenoxy) is 2. The van der Waals surface area contributed by atoms with Crippen LogP contribution in [0.3, 0.4) is 0 Å². The van der Waals surface area contributed by atoms with E-state index in [-0.39, 0.29) is 0 Å². The van der Waals surface area contributed by atoms with Crippen LogP contribution in [-0.2, 0) is 19.6 Å². The van der Waals surface area contributed by atoms with Crippen molar-refractivity contribution in [3.05, 3.63) is 41.2 Å². The predicted molar refractivity (Wildman–Crippen MR) is 82.7 cm³/mol. The van der Waals surface area contributed by atoms with Crippen molar-refractivity contribution in [1.82, 2.24) is 15.1 Å². The summed E-state index contributed by atoms with van der Waals surface area (Å²) in [6.07, 6.45) is 2.09. The number of hydrogen-bond acceptors (Lipinski definition) is 4. The van der Waals surface area contributed by atoms with Crippen molar-refractivity contribution in [3.63, 3.8) is 0 Å². The summed E-state index contributed by atoms with van der Waals surface area (Å²) in [5, 5.41) is 7.88. The van der Waals surface area contributed by atoms with Crippen LogP contribution >= 0.6 is 0 Å². The van der Waals surface area contributed by atoms with E-state index in [2.05, 4.69) is 23.5 Å². The van der Waals surface area contributed by atoms with Gasteiger partial charge < -0.3 is 14.8 Å². The minimum absolute atomic E-state index is 0.751. The molecule has 0 atom stereocenters. The average molecular weight is 289 g/mol. The van der Waals surface area contributed by atoms with Crippen molar-refractivity contribution >= 4 is 0 Å². The van der Waals surface area contributed by atoms with Gasteiger partial charge in [-0.1, -0.05) is 6.07 Å². The van der Waals surface area contributed by atoms with E-state index in [4.69, 9.17) is 9.47 Å². The molecule has 0 fully saturated rings. The Morgan fingerprint density at radius 2 is 1.90 bits per heavy atom. The molecule has 0 aliphatic rings. The Labute approximate surface area is 125 Å². The molecule has 5 nitrogen and oxygen atoms in total. The Bertz CT molecular complexity index is 593. The molecule has 0 saturated carbocycles. The number of aryl methyl sites for hydroxylation is 2. The first-order valence-corrected chi connectivity index (χ1v) is 7.12. The Hall–Kier alpha value is -2.01. The van der Waals surface area contributed by atoms with Crippen molar-refractivity contribution in [2.45, 2.75) is 33.5 Å². The molecule has 0 radical (unpaired) electrons. The Morgan fingerprint density at radius 3 is 2.52 bits per heavy atom. The minimum atomic E-state index is 0.751. The number of methoxy groups -OCH3 is 2. The summed E-state index contributed by atoms with van der Waals surface area (Å²) in [4.78, 5) is 0. The lowest BCUT2D eigenvalue weighted by atomic mass is 10.2.